The first-order valence-corrected chi connectivity index (χ1v) is 14.3. The maximum Gasteiger partial charge on any atom is 0.224 e. The molecule has 0 aliphatic heterocycles. The highest BCUT2D eigenvalue weighted by Gasteiger charge is 2.19. The van der Waals surface area contributed by atoms with Gasteiger partial charge >= 0.3 is 0 Å². The van der Waals surface area contributed by atoms with Crippen molar-refractivity contribution in [3.8, 4) is 33.1 Å². The van der Waals surface area contributed by atoms with E-state index in [9.17, 15) is 9.18 Å². The van der Waals surface area contributed by atoms with Gasteiger partial charge in [-0.25, -0.2) is 9.97 Å². The van der Waals surface area contributed by atoms with Gasteiger partial charge < -0.3 is 10.3 Å². The number of imidazole rings is 1. The molecule has 1 saturated carbocycles. The fourth-order valence-corrected chi connectivity index (χ4v) is 6.34. The number of H-pyrrole nitrogens is 2. The summed E-state index contributed by atoms with van der Waals surface area (Å²) in [4.78, 5) is 30.4. The van der Waals surface area contributed by atoms with Gasteiger partial charge in [-0.3, -0.25) is 14.9 Å². The van der Waals surface area contributed by atoms with Crippen molar-refractivity contribution in [3.63, 3.8) is 0 Å². The monoisotopic (exact) mass is 551 g/mol. The van der Waals surface area contributed by atoms with E-state index in [-0.39, 0.29) is 11.0 Å². The molecular weight excluding hydrogens is 525 g/mol. The summed E-state index contributed by atoms with van der Waals surface area (Å²) in [6, 6.07) is 13.0. The third-order valence-electron chi connectivity index (χ3n) is 7.56. The highest BCUT2D eigenvalue weighted by molar-refractivity contribution is 7.14. The van der Waals surface area contributed by atoms with Crippen molar-refractivity contribution < 1.29 is 9.18 Å². The molecule has 1 fully saturated rings. The quantitative estimate of drug-likeness (QED) is 0.200. The van der Waals surface area contributed by atoms with E-state index in [1.165, 1.54) is 25.3 Å². The molecule has 1 amide bonds. The molecule has 3 N–H and O–H groups in total. The molecule has 1 aliphatic carbocycles. The van der Waals surface area contributed by atoms with E-state index in [4.69, 9.17) is 4.98 Å². The highest BCUT2D eigenvalue weighted by atomic mass is 32.1. The van der Waals surface area contributed by atoms with E-state index in [0.29, 0.717) is 40.7 Å². The van der Waals surface area contributed by atoms with E-state index < -0.39 is 0 Å². The van der Waals surface area contributed by atoms with Gasteiger partial charge in [0.25, 0.3) is 0 Å². The summed E-state index contributed by atoms with van der Waals surface area (Å²) >= 11 is 1.08. The Kier molecular flexibility index (Phi) is 6.31. The van der Waals surface area contributed by atoms with Gasteiger partial charge in [0.1, 0.15) is 11.2 Å². The van der Waals surface area contributed by atoms with Crippen LogP contribution in [-0.4, -0.2) is 36.0 Å². The number of aromatic amines is 2. The highest BCUT2D eigenvalue weighted by Crippen LogP contribution is 2.35. The summed E-state index contributed by atoms with van der Waals surface area (Å²) < 4.78 is 13.7. The van der Waals surface area contributed by atoms with Crippen molar-refractivity contribution in [1.29, 1.82) is 0 Å². The molecule has 1 aliphatic rings. The lowest BCUT2D eigenvalue weighted by molar-refractivity contribution is -0.117. The molecule has 7 rings (SSSR count). The number of fused-ring (bicyclic) bond motifs is 2. The topological polar surface area (TPSA) is 112 Å². The van der Waals surface area contributed by atoms with Crippen LogP contribution in [0.4, 0.5) is 10.1 Å². The maximum atomic E-state index is 13.7. The number of aromatic nitrogens is 6. The Labute approximate surface area is 233 Å². The first-order chi connectivity index (χ1) is 19.6. The number of carbonyl (C=O) groups excluding carboxylic acids is 1. The minimum atomic E-state index is -0.246. The standard InChI is InChI=1S/C30H26FN7OS/c31-25-9-8-24(40-25)21-10-11-33-29-27(21)35-30(36-29)28-22-14-18(6-7-23(22)37-38-28)19-13-20(16-32-15-19)34-26(39)12-17-4-2-1-3-5-17/h6-11,13-17H,1-5,12H2,(H,34,39)(H,37,38)(H,33,35,36). The molecule has 0 unspecified atom stereocenters. The Morgan fingerprint density at radius 2 is 1.95 bits per heavy atom. The van der Waals surface area contributed by atoms with Crippen molar-refractivity contribution in [2.45, 2.75) is 38.5 Å². The summed E-state index contributed by atoms with van der Waals surface area (Å²) in [5, 5.41) is 11.3. The van der Waals surface area contributed by atoms with Crippen molar-refractivity contribution in [2.24, 2.45) is 5.92 Å². The SMILES string of the molecule is O=C(CC1CCCCC1)Nc1cncc(-c2ccc3[nH]nc(-c4nc5c(-c6ccc(F)s6)ccnc5[nH]4)c3c2)c1. The lowest BCUT2D eigenvalue weighted by atomic mass is 9.87. The molecule has 5 aromatic heterocycles. The second-order valence-electron chi connectivity index (χ2n) is 10.3. The van der Waals surface area contributed by atoms with Crippen molar-refractivity contribution in [2.75, 3.05) is 5.32 Å². The molecule has 40 heavy (non-hydrogen) atoms. The predicted molar refractivity (Wildman–Crippen MR) is 155 cm³/mol. The molecule has 8 nitrogen and oxygen atoms in total. The number of nitrogens with zero attached hydrogens (tertiary/aromatic N) is 4. The zero-order valence-electron chi connectivity index (χ0n) is 21.6. The zero-order chi connectivity index (χ0) is 27.1. The fourth-order valence-electron chi connectivity index (χ4n) is 5.59. The molecule has 200 valence electrons. The Morgan fingerprint density at radius 1 is 1.05 bits per heavy atom. The Morgan fingerprint density at radius 3 is 2.80 bits per heavy atom. The first-order valence-electron chi connectivity index (χ1n) is 13.4. The van der Waals surface area contributed by atoms with Crippen LogP contribution in [-0.2, 0) is 4.79 Å². The minimum absolute atomic E-state index is 0.0431. The molecule has 1 aromatic carbocycles. The third-order valence-corrected chi connectivity index (χ3v) is 8.47. The summed E-state index contributed by atoms with van der Waals surface area (Å²) in [5.74, 6) is 1.08. The van der Waals surface area contributed by atoms with Gasteiger partial charge in [0.05, 0.1) is 17.4 Å². The number of amides is 1. The van der Waals surface area contributed by atoms with Crippen LogP contribution in [0.3, 0.4) is 0 Å². The normalized spacial score (nSPS) is 14.2. The van der Waals surface area contributed by atoms with E-state index >= 15 is 0 Å². The molecule has 6 aromatic rings. The average molecular weight is 552 g/mol. The van der Waals surface area contributed by atoms with Crippen LogP contribution in [0.15, 0.2) is 61.1 Å². The molecule has 0 saturated heterocycles. The maximum absolute atomic E-state index is 13.7. The van der Waals surface area contributed by atoms with Gasteiger partial charge in [-0.2, -0.15) is 9.49 Å². The van der Waals surface area contributed by atoms with Crippen molar-refractivity contribution >= 4 is 45.0 Å². The van der Waals surface area contributed by atoms with E-state index in [1.54, 1.807) is 24.7 Å². The Balaban J connectivity index is 1.19. The second kappa shape index (κ2) is 10.3. The molecule has 0 atom stereocenters. The van der Waals surface area contributed by atoms with E-state index in [0.717, 1.165) is 56.6 Å². The van der Waals surface area contributed by atoms with Crippen LogP contribution in [0.5, 0.6) is 0 Å². The van der Waals surface area contributed by atoms with Gasteiger partial charge in [-0.1, -0.05) is 25.3 Å². The third kappa shape index (κ3) is 4.75. The number of thiophene rings is 1. The van der Waals surface area contributed by atoms with Crippen LogP contribution >= 0.6 is 11.3 Å². The van der Waals surface area contributed by atoms with Crippen LogP contribution < -0.4 is 5.32 Å². The van der Waals surface area contributed by atoms with Gasteiger partial charge in [0.15, 0.2) is 16.6 Å². The average Bonchev–Trinajstić information content (AvgIpc) is 3.71. The number of carbonyl (C=O) groups is 1. The van der Waals surface area contributed by atoms with Crippen LogP contribution in [0, 0.1) is 11.0 Å². The molecule has 0 bridgehead atoms. The number of halogens is 1. The number of pyridine rings is 2. The lowest BCUT2D eigenvalue weighted by Crippen LogP contribution is -2.18. The molecule has 10 heteroatoms. The predicted octanol–water partition coefficient (Wildman–Crippen LogP) is 7.34. The van der Waals surface area contributed by atoms with Gasteiger partial charge in [-0.15, -0.1) is 11.3 Å². The Hall–Kier alpha value is -4.44. The Bertz CT molecular complexity index is 1850. The van der Waals surface area contributed by atoms with Gasteiger partial charge in [0, 0.05) is 40.2 Å². The number of hydrogen-bond donors (Lipinski definition) is 3. The first kappa shape index (κ1) is 24.6. The number of nitrogens with one attached hydrogen (secondary N) is 3. The fraction of sp³-hybridized carbons (Fsp3) is 0.233. The second-order valence-corrected chi connectivity index (χ2v) is 11.3. The van der Waals surface area contributed by atoms with Crippen molar-refractivity contribution in [3.05, 3.63) is 66.2 Å². The number of benzene rings is 1. The number of hydrogen-bond acceptors (Lipinski definition) is 6. The summed E-state index contributed by atoms with van der Waals surface area (Å²) in [6.45, 7) is 0. The molecule has 0 radical (unpaired) electrons. The smallest absolute Gasteiger partial charge is 0.224 e. The van der Waals surface area contributed by atoms with Gasteiger partial charge in [0.2, 0.25) is 5.91 Å². The minimum Gasteiger partial charge on any atom is -0.325 e. The van der Waals surface area contributed by atoms with E-state index in [1.807, 2.05) is 30.3 Å². The van der Waals surface area contributed by atoms with E-state index in [2.05, 4.69) is 30.5 Å². The summed E-state index contributed by atoms with van der Waals surface area (Å²) in [5.41, 5.74) is 6.11. The molecular formula is C30H26FN7OS. The van der Waals surface area contributed by atoms with Crippen molar-refractivity contribution in [1.82, 2.24) is 30.1 Å². The summed E-state index contributed by atoms with van der Waals surface area (Å²) in [7, 11) is 0. The summed E-state index contributed by atoms with van der Waals surface area (Å²) in [6.07, 6.45) is 11.7. The molecule has 0 spiro atoms. The number of rotatable bonds is 6. The van der Waals surface area contributed by atoms with Crippen LogP contribution in [0.1, 0.15) is 38.5 Å². The van der Waals surface area contributed by atoms with Crippen LogP contribution in [0.25, 0.3) is 55.2 Å². The zero-order valence-corrected chi connectivity index (χ0v) is 22.4. The molecule has 5 heterocycles. The van der Waals surface area contributed by atoms with Gasteiger partial charge in [-0.05, 0) is 60.7 Å². The largest absolute Gasteiger partial charge is 0.325 e. The van der Waals surface area contributed by atoms with Crippen LogP contribution in [0.2, 0.25) is 0 Å². The lowest BCUT2D eigenvalue weighted by Gasteiger charge is -2.20. The number of anilines is 1.